The molecule has 0 radical (unpaired) electrons. The number of rotatable bonds is 18. The molecule has 240 valence electrons. The molecule has 2 heterocycles. The molecule has 4 atom stereocenters. The van der Waals surface area contributed by atoms with E-state index in [1.165, 1.54) is 6.92 Å². The van der Waals surface area contributed by atoms with Crippen LogP contribution in [0.3, 0.4) is 0 Å². The van der Waals surface area contributed by atoms with Crippen LogP contribution in [0.15, 0.2) is 82.9 Å². The summed E-state index contributed by atoms with van der Waals surface area (Å²) in [6, 6.07) is -1.51. The van der Waals surface area contributed by atoms with Gasteiger partial charge < -0.3 is 15.5 Å². The second kappa shape index (κ2) is 21.7. The van der Waals surface area contributed by atoms with Crippen LogP contribution in [-0.4, -0.2) is 77.1 Å². The lowest BCUT2D eigenvalue weighted by Gasteiger charge is -2.34. The fourth-order valence-corrected chi connectivity index (χ4v) is 4.15. The Morgan fingerprint density at radius 2 is 1.43 bits per heavy atom. The minimum atomic E-state index is -1.10. The third kappa shape index (κ3) is 15.0. The largest absolute Gasteiger partial charge is 0.391 e. The minimum absolute atomic E-state index is 0.0847. The summed E-state index contributed by atoms with van der Waals surface area (Å²) < 4.78 is 0. The first-order valence-electron chi connectivity index (χ1n) is 15.3. The predicted octanol–water partition coefficient (Wildman–Crippen LogP) is 2.66. The lowest BCUT2D eigenvalue weighted by atomic mass is 10.0. The van der Waals surface area contributed by atoms with Crippen LogP contribution in [0, 0.1) is 0 Å². The van der Waals surface area contributed by atoms with E-state index in [2.05, 4.69) is 98.9 Å². The second-order valence-corrected chi connectivity index (χ2v) is 10.4. The highest BCUT2D eigenvalue weighted by Crippen LogP contribution is 2.11. The number of fused-ring (bicyclic) bond motifs is 1. The number of aliphatic hydroxyl groups excluding tert-OH is 2. The van der Waals surface area contributed by atoms with Crippen LogP contribution in [0.4, 0.5) is 0 Å². The van der Waals surface area contributed by atoms with E-state index < -0.39 is 36.1 Å². The zero-order valence-corrected chi connectivity index (χ0v) is 25.8. The third-order valence-electron chi connectivity index (χ3n) is 6.56. The van der Waals surface area contributed by atoms with E-state index in [0.717, 1.165) is 38.5 Å². The number of hydrogen-bond acceptors (Lipinski definition) is 8. The van der Waals surface area contributed by atoms with E-state index in [9.17, 15) is 24.6 Å². The van der Waals surface area contributed by atoms with E-state index in [4.69, 9.17) is 0 Å². The summed E-state index contributed by atoms with van der Waals surface area (Å²) in [5, 5.41) is 30.0. The number of nitrogens with zero attached hydrogens (tertiary/aromatic N) is 2. The Kier molecular flexibility index (Phi) is 17.9. The molecular weight excluding hydrogens is 560 g/mol. The van der Waals surface area contributed by atoms with Crippen molar-refractivity contribution in [3.63, 3.8) is 0 Å². The van der Waals surface area contributed by atoms with Gasteiger partial charge in [-0.25, -0.2) is 0 Å². The molecule has 3 amide bonds. The Morgan fingerprint density at radius 1 is 0.886 bits per heavy atom. The van der Waals surface area contributed by atoms with E-state index >= 15 is 0 Å². The Morgan fingerprint density at radius 3 is 1.98 bits per heavy atom. The van der Waals surface area contributed by atoms with E-state index in [0.29, 0.717) is 6.42 Å². The number of allylic oxidation sites excluding steroid dienone is 12. The molecule has 2 aliphatic rings. The van der Waals surface area contributed by atoms with Crippen molar-refractivity contribution in [3.8, 4) is 0 Å². The quantitative estimate of drug-likeness (QED) is 0.131. The number of aliphatic hydroxyl groups is 2. The SMILES string of the molecule is CCC=CCC=CCC=CCC=CCC=CCC=CCCC(=O)NCC(=O)NC1=NC2=NC[C@H]([C@@H](O)[C@H](C)O)NC2C(=O)N1. The number of amidine groups is 1. The summed E-state index contributed by atoms with van der Waals surface area (Å²) >= 11 is 0. The number of hydrogen-bond donors (Lipinski definition) is 6. The summed E-state index contributed by atoms with van der Waals surface area (Å²) in [6.45, 7) is 3.43. The maximum absolute atomic E-state index is 12.5. The van der Waals surface area contributed by atoms with Crippen molar-refractivity contribution in [2.45, 2.75) is 89.5 Å². The summed E-state index contributed by atoms with van der Waals surface area (Å²) in [5.41, 5.74) is 0. The average molecular weight is 609 g/mol. The molecule has 0 saturated carbocycles. The smallest absolute Gasteiger partial charge is 0.251 e. The highest BCUT2D eigenvalue weighted by atomic mass is 16.3. The maximum Gasteiger partial charge on any atom is 0.251 e. The van der Waals surface area contributed by atoms with E-state index in [1.807, 2.05) is 12.2 Å². The number of nitrogens with one attached hydrogen (secondary N) is 4. The number of carbonyl (C=O) groups excluding carboxylic acids is 3. The molecule has 44 heavy (non-hydrogen) atoms. The van der Waals surface area contributed by atoms with Gasteiger partial charge in [-0.15, -0.1) is 0 Å². The van der Waals surface area contributed by atoms with Crippen LogP contribution >= 0.6 is 0 Å². The Bertz CT molecular complexity index is 1170. The minimum Gasteiger partial charge on any atom is -0.391 e. The molecule has 0 aromatic rings. The van der Waals surface area contributed by atoms with Crippen LogP contribution in [0.1, 0.15) is 65.2 Å². The van der Waals surface area contributed by atoms with Gasteiger partial charge in [0.1, 0.15) is 6.04 Å². The first-order valence-corrected chi connectivity index (χ1v) is 15.3. The van der Waals surface area contributed by atoms with Gasteiger partial charge in [-0.05, 0) is 51.9 Å². The van der Waals surface area contributed by atoms with Gasteiger partial charge in [-0.1, -0.05) is 79.8 Å². The molecule has 0 aromatic carbocycles. The molecule has 6 N–H and O–H groups in total. The molecule has 0 fully saturated rings. The van der Waals surface area contributed by atoms with Crippen LogP contribution in [0.25, 0.3) is 0 Å². The van der Waals surface area contributed by atoms with Crippen LogP contribution < -0.4 is 21.3 Å². The molecule has 0 aliphatic carbocycles. The first kappa shape index (κ1) is 36.3. The average Bonchev–Trinajstić information content (AvgIpc) is 3.00. The van der Waals surface area contributed by atoms with E-state index in [1.54, 1.807) is 0 Å². The lowest BCUT2D eigenvalue weighted by molar-refractivity contribution is -0.125. The Labute approximate surface area is 260 Å². The van der Waals surface area contributed by atoms with Gasteiger partial charge in [0.25, 0.3) is 5.91 Å². The molecule has 2 aliphatic heterocycles. The normalized spacial score (nSPS) is 20.4. The van der Waals surface area contributed by atoms with Crippen molar-refractivity contribution in [1.29, 1.82) is 0 Å². The van der Waals surface area contributed by atoms with Crippen molar-refractivity contribution < 1.29 is 24.6 Å². The van der Waals surface area contributed by atoms with E-state index in [-0.39, 0.29) is 37.2 Å². The highest BCUT2D eigenvalue weighted by molar-refractivity contribution is 6.22. The van der Waals surface area contributed by atoms with Crippen molar-refractivity contribution in [2.75, 3.05) is 13.1 Å². The van der Waals surface area contributed by atoms with Crippen LogP contribution in [0.2, 0.25) is 0 Å². The summed E-state index contributed by atoms with van der Waals surface area (Å²) in [4.78, 5) is 45.1. The van der Waals surface area contributed by atoms with Crippen molar-refractivity contribution in [3.05, 3.63) is 72.9 Å². The summed E-state index contributed by atoms with van der Waals surface area (Å²) in [6.07, 6.45) is 29.9. The Hall–Kier alpha value is -3.93. The summed E-state index contributed by atoms with van der Waals surface area (Å²) in [5.74, 6) is -1.23. The fraction of sp³-hybridized carbons (Fsp3) is 0.485. The van der Waals surface area contributed by atoms with Gasteiger partial charge >= 0.3 is 0 Å². The number of carbonyl (C=O) groups is 3. The zero-order chi connectivity index (χ0) is 32.0. The molecule has 0 aromatic heterocycles. The third-order valence-corrected chi connectivity index (χ3v) is 6.56. The molecular formula is C33H48N6O5. The number of guanidine groups is 1. The molecule has 0 spiro atoms. The van der Waals surface area contributed by atoms with Crippen molar-refractivity contribution >= 4 is 29.5 Å². The molecule has 0 saturated heterocycles. The molecule has 11 heteroatoms. The standard InChI is InChI=1S/C33H48N6O5/c1-3-4-5-6-7-8-9-10-11-12-13-14-15-16-17-18-19-20-21-22-27(41)34-24-28(42)37-33-38-31-29(32(44)39-33)36-26(23-35-31)30(43)25(2)40/h4-5,7-8,10-11,13-14,16-17,19-20,25-26,29-30,36,40,43H,3,6,9,12,15,18,21-24H2,1-2H3,(H,34,41)(H2,35,37,38,39,42,44)/t25-,26+,29?,30-/m0/s1. The topological polar surface area (TPSA) is 165 Å². The van der Waals surface area contributed by atoms with Crippen LogP contribution in [0.5, 0.6) is 0 Å². The second-order valence-electron chi connectivity index (χ2n) is 10.4. The van der Waals surface area contributed by atoms with Gasteiger partial charge in [0.2, 0.25) is 17.8 Å². The molecule has 2 rings (SSSR count). The molecule has 1 unspecified atom stereocenters. The highest BCUT2D eigenvalue weighted by Gasteiger charge is 2.38. The molecule has 0 bridgehead atoms. The monoisotopic (exact) mass is 608 g/mol. The van der Waals surface area contributed by atoms with Gasteiger partial charge in [0.05, 0.1) is 31.3 Å². The van der Waals surface area contributed by atoms with Gasteiger partial charge in [0, 0.05) is 6.42 Å². The van der Waals surface area contributed by atoms with Crippen LogP contribution in [-0.2, 0) is 14.4 Å². The molecule has 11 nitrogen and oxygen atoms in total. The summed E-state index contributed by atoms with van der Waals surface area (Å²) in [7, 11) is 0. The predicted molar refractivity (Wildman–Crippen MR) is 175 cm³/mol. The first-order chi connectivity index (χ1) is 21.3. The zero-order valence-electron chi connectivity index (χ0n) is 25.8. The number of amides is 3. The number of aliphatic imine (C=N–C) groups is 2. The maximum atomic E-state index is 12.5. The van der Waals surface area contributed by atoms with Crippen molar-refractivity contribution in [1.82, 2.24) is 21.3 Å². The van der Waals surface area contributed by atoms with Gasteiger partial charge in [-0.3, -0.25) is 35.3 Å². The Balaban J connectivity index is 1.55. The van der Waals surface area contributed by atoms with Crippen molar-refractivity contribution in [2.24, 2.45) is 9.98 Å². The van der Waals surface area contributed by atoms with Gasteiger partial charge in [0.15, 0.2) is 5.84 Å². The lowest BCUT2D eigenvalue weighted by Crippen LogP contribution is -2.64. The fourth-order valence-electron chi connectivity index (χ4n) is 4.15. The van der Waals surface area contributed by atoms with Gasteiger partial charge in [-0.2, -0.15) is 4.99 Å².